The summed E-state index contributed by atoms with van der Waals surface area (Å²) in [6.07, 6.45) is 1.39. The van der Waals surface area contributed by atoms with Gasteiger partial charge in [0.05, 0.1) is 22.9 Å². The molecule has 0 atom stereocenters. The molecule has 29 heavy (non-hydrogen) atoms. The highest BCUT2D eigenvalue weighted by Crippen LogP contribution is 2.15. The van der Waals surface area contributed by atoms with E-state index < -0.39 is 11.8 Å². The molecule has 2 amide bonds. The Kier molecular flexibility index (Phi) is 4.66. The standard InChI is InChI=1S/C21H16N4O4/c1-13-15(11-12-29-13)19(26)22-23-20(27)18-16-9-5-6-10-17(16)21(28)25(24-18)14-7-3-2-4-8-14/h2-12H,1H3,(H,22,26)(H,23,27). The molecule has 0 aliphatic rings. The topological polar surface area (TPSA) is 106 Å². The average molecular weight is 388 g/mol. The van der Waals surface area contributed by atoms with Gasteiger partial charge in [0.2, 0.25) is 0 Å². The van der Waals surface area contributed by atoms with Gasteiger partial charge in [-0.25, -0.2) is 0 Å². The number of hydrogen-bond donors (Lipinski definition) is 2. The van der Waals surface area contributed by atoms with Crippen molar-refractivity contribution in [3.8, 4) is 5.69 Å². The van der Waals surface area contributed by atoms with Gasteiger partial charge in [0, 0.05) is 5.39 Å². The van der Waals surface area contributed by atoms with Crippen molar-refractivity contribution in [2.75, 3.05) is 0 Å². The summed E-state index contributed by atoms with van der Waals surface area (Å²) in [6, 6.07) is 17.0. The van der Waals surface area contributed by atoms with Crippen LogP contribution in [0.2, 0.25) is 0 Å². The maximum atomic E-state index is 12.9. The third-order valence-corrected chi connectivity index (χ3v) is 4.41. The predicted molar refractivity (Wildman–Crippen MR) is 106 cm³/mol. The summed E-state index contributed by atoms with van der Waals surface area (Å²) in [7, 11) is 0. The lowest BCUT2D eigenvalue weighted by atomic mass is 10.1. The van der Waals surface area contributed by atoms with E-state index in [1.807, 2.05) is 6.07 Å². The molecule has 8 heteroatoms. The average Bonchev–Trinajstić information content (AvgIpc) is 3.19. The zero-order valence-corrected chi connectivity index (χ0v) is 15.4. The molecule has 0 spiro atoms. The minimum absolute atomic E-state index is 0.00766. The summed E-state index contributed by atoms with van der Waals surface area (Å²) in [4.78, 5) is 37.8. The van der Waals surface area contributed by atoms with Crippen molar-refractivity contribution < 1.29 is 14.0 Å². The molecule has 0 aliphatic carbocycles. The number of hydrogen-bond acceptors (Lipinski definition) is 5. The minimum atomic E-state index is -0.652. The fourth-order valence-electron chi connectivity index (χ4n) is 2.96. The fourth-order valence-corrected chi connectivity index (χ4v) is 2.96. The molecule has 2 aromatic carbocycles. The molecule has 2 aromatic heterocycles. The monoisotopic (exact) mass is 388 g/mol. The van der Waals surface area contributed by atoms with Crippen molar-refractivity contribution in [3.05, 3.63) is 94.3 Å². The Balaban J connectivity index is 1.72. The highest BCUT2D eigenvalue weighted by Gasteiger charge is 2.19. The second-order valence-electron chi connectivity index (χ2n) is 6.25. The number of hydrazine groups is 1. The van der Waals surface area contributed by atoms with Gasteiger partial charge in [-0.05, 0) is 31.2 Å². The van der Waals surface area contributed by atoms with Crippen molar-refractivity contribution in [3.63, 3.8) is 0 Å². The molecule has 144 valence electrons. The molecule has 4 rings (SSSR count). The Morgan fingerprint density at radius 1 is 0.897 bits per heavy atom. The van der Waals surface area contributed by atoms with Gasteiger partial charge in [0.1, 0.15) is 5.76 Å². The van der Waals surface area contributed by atoms with Gasteiger partial charge >= 0.3 is 0 Å². The molecular weight excluding hydrogens is 372 g/mol. The van der Waals surface area contributed by atoms with E-state index in [0.717, 1.165) is 0 Å². The van der Waals surface area contributed by atoms with Crippen LogP contribution in [0.25, 0.3) is 16.5 Å². The number of nitrogens with zero attached hydrogens (tertiary/aromatic N) is 2. The molecule has 8 nitrogen and oxygen atoms in total. The number of amides is 2. The van der Waals surface area contributed by atoms with Crippen LogP contribution < -0.4 is 16.4 Å². The molecule has 0 saturated carbocycles. The second-order valence-corrected chi connectivity index (χ2v) is 6.25. The van der Waals surface area contributed by atoms with Gasteiger partial charge < -0.3 is 4.42 Å². The number of fused-ring (bicyclic) bond motifs is 1. The Hall–Kier alpha value is -4.20. The van der Waals surface area contributed by atoms with Gasteiger partial charge in [-0.3, -0.25) is 25.2 Å². The van der Waals surface area contributed by atoms with Crippen molar-refractivity contribution in [2.45, 2.75) is 6.92 Å². The summed E-state index contributed by atoms with van der Waals surface area (Å²) in [5, 5.41) is 4.98. The first-order chi connectivity index (χ1) is 14.1. The zero-order valence-electron chi connectivity index (χ0n) is 15.4. The van der Waals surface area contributed by atoms with Crippen LogP contribution in [0.4, 0.5) is 0 Å². The Bertz CT molecular complexity index is 1270. The molecule has 0 fully saturated rings. The largest absolute Gasteiger partial charge is 0.469 e. The Labute approximate surface area is 164 Å². The molecule has 0 bridgehead atoms. The van der Waals surface area contributed by atoms with Crippen molar-refractivity contribution in [1.29, 1.82) is 0 Å². The first-order valence-electron chi connectivity index (χ1n) is 8.78. The van der Waals surface area contributed by atoms with Crippen molar-refractivity contribution >= 4 is 22.6 Å². The van der Waals surface area contributed by atoms with Gasteiger partial charge in [-0.2, -0.15) is 9.78 Å². The van der Waals surface area contributed by atoms with E-state index in [4.69, 9.17) is 4.42 Å². The number of rotatable bonds is 3. The lowest BCUT2D eigenvalue weighted by Gasteiger charge is -2.11. The predicted octanol–water partition coefficient (Wildman–Crippen LogP) is 2.36. The van der Waals surface area contributed by atoms with Crippen molar-refractivity contribution in [2.24, 2.45) is 0 Å². The van der Waals surface area contributed by atoms with Gasteiger partial charge in [-0.1, -0.05) is 36.4 Å². The zero-order chi connectivity index (χ0) is 20.4. The molecular formula is C21H16N4O4. The van der Waals surface area contributed by atoms with Crippen LogP contribution in [-0.2, 0) is 0 Å². The van der Waals surface area contributed by atoms with E-state index in [1.165, 1.54) is 17.0 Å². The quantitative estimate of drug-likeness (QED) is 0.524. The number of aryl methyl sites for hydroxylation is 1. The van der Waals surface area contributed by atoms with Crippen LogP contribution in [0, 0.1) is 6.92 Å². The minimum Gasteiger partial charge on any atom is -0.469 e. The van der Waals surface area contributed by atoms with Crippen LogP contribution in [0.5, 0.6) is 0 Å². The number of benzene rings is 2. The van der Waals surface area contributed by atoms with E-state index in [0.29, 0.717) is 27.8 Å². The van der Waals surface area contributed by atoms with Crippen LogP contribution >= 0.6 is 0 Å². The number of carbonyl (C=O) groups excluding carboxylic acids is 2. The van der Waals surface area contributed by atoms with E-state index in [2.05, 4.69) is 16.0 Å². The number of aromatic nitrogens is 2. The lowest BCUT2D eigenvalue weighted by Crippen LogP contribution is -2.42. The summed E-state index contributed by atoms with van der Waals surface area (Å²) in [5.41, 5.74) is 5.17. The van der Waals surface area contributed by atoms with E-state index in [9.17, 15) is 14.4 Å². The summed E-state index contributed by atoms with van der Waals surface area (Å²) in [5.74, 6) is -0.747. The molecule has 2 N–H and O–H groups in total. The number of nitrogens with one attached hydrogen (secondary N) is 2. The molecule has 0 unspecified atom stereocenters. The van der Waals surface area contributed by atoms with E-state index in [-0.39, 0.29) is 11.3 Å². The fraction of sp³-hybridized carbons (Fsp3) is 0.0476. The van der Waals surface area contributed by atoms with Crippen LogP contribution in [-0.4, -0.2) is 21.6 Å². The van der Waals surface area contributed by atoms with Crippen LogP contribution in [0.1, 0.15) is 26.6 Å². The number of furan rings is 1. The summed E-state index contributed by atoms with van der Waals surface area (Å²) < 4.78 is 6.25. The number of para-hydroxylation sites is 1. The van der Waals surface area contributed by atoms with Gasteiger partial charge in [0.15, 0.2) is 5.69 Å². The SMILES string of the molecule is Cc1occc1C(=O)NNC(=O)c1nn(-c2ccccc2)c(=O)c2ccccc12. The lowest BCUT2D eigenvalue weighted by molar-refractivity contribution is 0.0843. The molecule has 2 heterocycles. The molecule has 0 saturated heterocycles. The Morgan fingerprint density at radius 2 is 1.55 bits per heavy atom. The highest BCUT2D eigenvalue weighted by molar-refractivity contribution is 6.06. The third kappa shape index (κ3) is 3.39. The molecule has 0 aliphatic heterocycles. The normalized spacial score (nSPS) is 10.7. The van der Waals surface area contributed by atoms with Gasteiger partial charge in [0.25, 0.3) is 17.4 Å². The maximum Gasteiger partial charge on any atom is 0.290 e. The smallest absolute Gasteiger partial charge is 0.290 e. The van der Waals surface area contributed by atoms with E-state index in [1.54, 1.807) is 55.5 Å². The first kappa shape index (κ1) is 18.2. The maximum absolute atomic E-state index is 12.9. The summed E-state index contributed by atoms with van der Waals surface area (Å²) in [6.45, 7) is 1.64. The molecule has 4 aromatic rings. The van der Waals surface area contributed by atoms with Gasteiger partial charge in [-0.15, -0.1) is 0 Å². The van der Waals surface area contributed by atoms with Crippen LogP contribution in [0.3, 0.4) is 0 Å². The summed E-state index contributed by atoms with van der Waals surface area (Å²) >= 11 is 0. The second kappa shape index (κ2) is 7.43. The Morgan fingerprint density at radius 3 is 2.24 bits per heavy atom. The van der Waals surface area contributed by atoms with Crippen molar-refractivity contribution in [1.82, 2.24) is 20.6 Å². The highest BCUT2D eigenvalue weighted by atomic mass is 16.3. The number of carbonyl (C=O) groups is 2. The molecule has 0 radical (unpaired) electrons. The third-order valence-electron chi connectivity index (χ3n) is 4.41. The van der Waals surface area contributed by atoms with Crippen LogP contribution in [0.15, 0.2) is 76.1 Å². The first-order valence-corrected chi connectivity index (χ1v) is 8.78. The van der Waals surface area contributed by atoms with E-state index >= 15 is 0 Å².